The van der Waals surface area contributed by atoms with E-state index >= 15 is 0 Å². The van der Waals surface area contributed by atoms with Crippen molar-refractivity contribution in [1.82, 2.24) is 14.9 Å². The van der Waals surface area contributed by atoms with E-state index in [1.165, 1.54) is 42.8 Å². The number of amides is 1. The van der Waals surface area contributed by atoms with Gasteiger partial charge in [0.2, 0.25) is 11.8 Å². The number of aromatic nitrogens is 2. The van der Waals surface area contributed by atoms with Gasteiger partial charge in [-0.1, -0.05) is 56.4 Å². The van der Waals surface area contributed by atoms with Crippen molar-refractivity contribution in [2.24, 2.45) is 0 Å². The number of nitrogens with zero attached hydrogens (tertiary/aromatic N) is 3. The van der Waals surface area contributed by atoms with E-state index in [4.69, 9.17) is 4.42 Å². The summed E-state index contributed by atoms with van der Waals surface area (Å²) in [6.07, 6.45) is 6.50. The predicted octanol–water partition coefficient (Wildman–Crippen LogP) is 5.50. The summed E-state index contributed by atoms with van der Waals surface area (Å²) >= 11 is 3.08. The molecule has 3 aromatic rings. The summed E-state index contributed by atoms with van der Waals surface area (Å²) in [7, 11) is 0. The summed E-state index contributed by atoms with van der Waals surface area (Å²) in [6, 6.07) is 8.34. The Balaban J connectivity index is 1.27. The minimum atomic E-state index is -0.0500. The van der Waals surface area contributed by atoms with Crippen molar-refractivity contribution >= 4 is 34.1 Å². The van der Waals surface area contributed by atoms with Crippen LogP contribution in [0.25, 0.3) is 0 Å². The van der Waals surface area contributed by atoms with Crippen molar-refractivity contribution in [3.63, 3.8) is 0 Å². The molecule has 1 aliphatic rings. The minimum Gasteiger partial charge on any atom is -0.444 e. The molecule has 170 valence electrons. The van der Waals surface area contributed by atoms with Crippen LogP contribution in [0.3, 0.4) is 0 Å². The van der Waals surface area contributed by atoms with Gasteiger partial charge in [-0.25, -0.2) is 9.97 Å². The number of benzene rings is 1. The van der Waals surface area contributed by atoms with Gasteiger partial charge in [0.1, 0.15) is 5.76 Å². The van der Waals surface area contributed by atoms with Gasteiger partial charge in [0.05, 0.1) is 28.8 Å². The van der Waals surface area contributed by atoms with E-state index in [0.717, 1.165) is 22.1 Å². The molecular formula is C24H30N4O2S2. The maximum absolute atomic E-state index is 12.5. The molecule has 0 bridgehead atoms. The molecule has 1 aliphatic heterocycles. The zero-order valence-corrected chi connectivity index (χ0v) is 20.5. The normalized spacial score (nSPS) is 14.7. The van der Waals surface area contributed by atoms with Crippen LogP contribution in [0, 0.1) is 0 Å². The number of thioether (sulfide) groups is 1. The van der Waals surface area contributed by atoms with Gasteiger partial charge in [0.25, 0.3) is 0 Å². The number of carbonyl (C=O) groups excluding carboxylic acids is 1. The van der Waals surface area contributed by atoms with Crippen molar-refractivity contribution in [2.45, 2.75) is 62.0 Å². The fraction of sp³-hybridized carbons (Fsp3) is 0.458. The molecule has 0 aliphatic carbocycles. The van der Waals surface area contributed by atoms with E-state index < -0.39 is 0 Å². The summed E-state index contributed by atoms with van der Waals surface area (Å²) in [5.74, 6) is 2.18. The molecule has 0 saturated carbocycles. The molecule has 1 aromatic carbocycles. The molecule has 32 heavy (non-hydrogen) atoms. The van der Waals surface area contributed by atoms with Gasteiger partial charge in [-0.3, -0.25) is 9.69 Å². The van der Waals surface area contributed by atoms with Gasteiger partial charge < -0.3 is 9.73 Å². The van der Waals surface area contributed by atoms with Gasteiger partial charge in [0.15, 0.2) is 5.13 Å². The van der Waals surface area contributed by atoms with E-state index in [1.54, 1.807) is 24.2 Å². The lowest BCUT2D eigenvalue weighted by molar-refractivity contribution is -0.115. The molecule has 0 atom stereocenters. The standard InChI is InChI=1S/C24H30N4O2S2/c1-24(2,3)19-13-25-21(30-19)16-31-22-14-26-23(32-22)27-20(29)12-17-7-6-8-18(11-17)15-28-9-4-5-10-28/h6-8,11,13-14H,4-5,9-10,12,15-16H2,1-3H3,(H,26,27,29). The van der Waals surface area contributed by atoms with Crippen molar-refractivity contribution in [2.75, 3.05) is 18.4 Å². The molecule has 3 heterocycles. The van der Waals surface area contributed by atoms with Gasteiger partial charge >= 0.3 is 0 Å². The SMILES string of the molecule is CC(C)(C)c1cnc(CSc2cnc(NC(=O)Cc3cccc(CN4CCCC4)c3)s2)o1. The topological polar surface area (TPSA) is 71.3 Å². The first kappa shape index (κ1) is 23.0. The van der Waals surface area contributed by atoms with Crippen LogP contribution in [0.15, 0.2) is 45.3 Å². The van der Waals surface area contributed by atoms with Crippen LogP contribution in [-0.2, 0) is 28.9 Å². The van der Waals surface area contributed by atoms with E-state index in [-0.39, 0.29) is 11.3 Å². The van der Waals surface area contributed by atoms with Crippen molar-refractivity contribution in [1.29, 1.82) is 0 Å². The van der Waals surface area contributed by atoms with Crippen LogP contribution in [-0.4, -0.2) is 33.9 Å². The number of oxazole rings is 1. The second-order valence-electron chi connectivity index (χ2n) is 9.17. The lowest BCUT2D eigenvalue weighted by Gasteiger charge is -2.15. The fourth-order valence-corrected chi connectivity index (χ4v) is 5.37. The molecule has 0 spiro atoms. The molecule has 1 saturated heterocycles. The van der Waals surface area contributed by atoms with Crippen molar-refractivity contribution in [3.05, 3.63) is 59.4 Å². The van der Waals surface area contributed by atoms with E-state index in [9.17, 15) is 4.79 Å². The summed E-state index contributed by atoms with van der Waals surface area (Å²) in [6.45, 7) is 9.61. The number of hydrogen-bond acceptors (Lipinski definition) is 7. The van der Waals surface area contributed by atoms with Crippen LogP contribution in [0.5, 0.6) is 0 Å². The maximum Gasteiger partial charge on any atom is 0.230 e. The third kappa shape index (κ3) is 6.43. The third-order valence-corrected chi connectivity index (χ3v) is 7.41. The number of nitrogens with one attached hydrogen (secondary N) is 1. The summed E-state index contributed by atoms with van der Waals surface area (Å²) in [5.41, 5.74) is 2.25. The molecule has 6 nitrogen and oxygen atoms in total. The highest BCUT2D eigenvalue weighted by Crippen LogP contribution is 2.31. The first-order chi connectivity index (χ1) is 15.3. The number of anilines is 1. The second-order valence-corrected chi connectivity index (χ2v) is 11.5. The van der Waals surface area contributed by atoms with Crippen LogP contribution in [0.2, 0.25) is 0 Å². The number of thiazole rings is 1. The Hall–Kier alpha value is -2.16. The molecule has 0 unspecified atom stereocenters. The molecule has 4 rings (SSSR count). The minimum absolute atomic E-state index is 0.0447. The third-order valence-electron chi connectivity index (χ3n) is 5.32. The van der Waals surface area contributed by atoms with Gasteiger partial charge in [-0.15, -0.1) is 11.8 Å². The highest BCUT2D eigenvalue weighted by atomic mass is 32.2. The molecule has 0 radical (unpaired) electrons. The van der Waals surface area contributed by atoms with Crippen LogP contribution < -0.4 is 5.32 Å². The van der Waals surface area contributed by atoms with Gasteiger partial charge in [0, 0.05) is 12.0 Å². The van der Waals surface area contributed by atoms with Gasteiger partial charge in [-0.05, 0) is 37.1 Å². The smallest absolute Gasteiger partial charge is 0.230 e. The van der Waals surface area contributed by atoms with E-state index in [0.29, 0.717) is 23.2 Å². The molecule has 1 N–H and O–H groups in total. The summed E-state index contributed by atoms with van der Waals surface area (Å²) < 4.78 is 6.86. The van der Waals surface area contributed by atoms with E-state index in [2.05, 4.69) is 53.1 Å². The maximum atomic E-state index is 12.5. The Kier molecular flexibility index (Phi) is 7.33. The first-order valence-electron chi connectivity index (χ1n) is 11.0. The number of likely N-dealkylation sites (tertiary alicyclic amines) is 1. The summed E-state index contributed by atoms with van der Waals surface area (Å²) in [5, 5.41) is 3.55. The number of carbonyl (C=O) groups is 1. The first-order valence-corrected chi connectivity index (χ1v) is 12.8. The Morgan fingerprint density at radius 3 is 2.72 bits per heavy atom. The Bertz CT molecular complexity index is 1050. The Morgan fingerprint density at radius 1 is 1.19 bits per heavy atom. The van der Waals surface area contributed by atoms with Crippen LogP contribution in [0.1, 0.15) is 56.4 Å². The van der Waals surface area contributed by atoms with Crippen molar-refractivity contribution in [3.8, 4) is 0 Å². The Labute approximate surface area is 197 Å². The van der Waals surface area contributed by atoms with E-state index in [1.807, 2.05) is 12.1 Å². The highest BCUT2D eigenvalue weighted by Gasteiger charge is 2.19. The van der Waals surface area contributed by atoms with Crippen LogP contribution in [0.4, 0.5) is 5.13 Å². The Morgan fingerprint density at radius 2 is 1.97 bits per heavy atom. The quantitative estimate of drug-likeness (QED) is 0.439. The number of rotatable bonds is 8. The zero-order chi connectivity index (χ0) is 22.6. The largest absolute Gasteiger partial charge is 0.444 e. The van der Waals surface area contributed by atoms with Crippen molar-refractivity contribution < 1.29 is 9.21 Å². The number of hydrogen-bond donors (Lipinski definition) is 1. The highest BCUT2D eigenvalue weighted by molar-refractivity contribution is 8.00. The van der Waals surface area contributed by atoms with Gasteiger partial charge in [-0.2, -0.15) is 0 Å². The molecule has 1 fully saturated rings. The lowest BCUT2D eigenvalue weighted by atomic mass is 9.94. The second kappa shape index (κ2) is 10.2. The zero-order valence-electron chi connectivity index (χ0n) is 18.9. The molecule has 8 heteroatoms. The fourth-order valence-electron chi connectivity index (χ4n) is 3.63. The molecule has 2 aromatic heterocycles. The average molecular weight is 471 g/mol. The summed E-state index contributed by atoms with van der Waals surface area (Å²) in [4.78, 5) is 23.7. The van der Waals surface area contributed by atoms with Crippen LogP contribution >= 0.6 is 23.1 Å². The lowest BCUT2D eigenvalue weighted by Crippen LogP contribution is -2.18. The monoisotopic (exact) mass is 470 g/mol. The molecular weight excluding hydrogens is 440 g/mol. The predicted molar refractivity (Wildman–Crippen MR) is 130 cm³/mol. The molecule has 1 amide bonds. The average Bonchev–Trinajstić information content (AvgIpc) is 3.48.